The fourth-order valence-electron chi connectivity index (χ4n) is 4.15. The van der Waals surface area contributed by atoms with Gasteiger partial charge in [0.1, 0.15) is 17.5 Å². The van der Waals surface area contributed by atoms with Gasteiger partial charge in [0.15, 0.2) is 0 Å². The summed E-state index contributed by atoms with van der Waals surface area (Å²) < 4.78 is 21.6. The number of aromatic nitrogens is 1. The minimum absolute atomic E-state index is 0.0408. The molecule has 1 saturated heterocycles. The molecule has 32 heavy (non-hydrogen) atoms. The molecule has 0 aliphatic carbocycles. The molecule has 1 fully saturated rings. The Kier molecular flexibility index (Phi) is 7.84. The van der Waals surface area contributed by atoms with E-state index in [1.54, 1.807) is 12.1 Å². The van der Waals surface area contributed by atoms with E-state index in [9.17, 15) is 14.4 Å². The van der Waals surface area contributed by atoms with E-state index in [2.05, 4.69) is 9.88 Å². The SMILES string of the molecule is Cc1cc(/C=C(\C#N)C(=O)NCC(c2cccc(F)c2)N(C)C)c(C)n1CC1CCCO1. The Labute approximate surface area is 189 Å². The predicted molar refractivity (Wildman–Crippen MR) is 122 cm³/mol. The van der Waals surface area contributed by atoms with Gasteiger partial charge in [-0.15, -0.1) is 0 Å². The van der Waals surface area contributed by atoms with Crippen molar-refractivity contribution in [2.24, 2.45) is 0 Å². The van der Waals surface area contributed by atoms with Crippen LogP contribution in [0.15, 0.2) is 35.9 Å². The van der Waals surface area contributed by atoms with Gasteiger partial charge in [-0.05, 0) is 76.2 Å². The van der Waals surface area contributed by atoms with Crippen LogP contribution in [0.3, 0.4) is 0 Å². The zero-order valence-corrected chi connectivity index (χ0v) is 19.2. The first kappa shape index (κ1) is 23.7. The third kappa shape index (κ3) is 5.64. The first-order valence-corrected chi connectivity index (χ1v) is 10.9. The zero-order chi connectivity index (χ0) is 23.3. The van der Waals surface area contributed by atoms with E-state index in [1.165, 1.54) is 12.1 Å². The Morgan fingerprint density at radius 3 is 2.81 bits per heavy atom. The number of ether oxygens (including phenoxy) is 1. The number of likely N-dealkylation sites (N-methyl/N-ethyl adjacent to an activating group) is 1. The molecule has 2 unspecified atom stereocenters. The molecule has 6 nitrogen and oxygen atoms in total. The number of amides is 1. The molecule has 2 heterocycles. The highest BCUT2D eigenvalue weighted by Gasteiger charge is 2.20. The molecule has 1 aliphatic heterocycles. The highest BCUT2D eigenvalue weighted by atomic mass is 19.1. The van der Waals surface area contributed by atoms with Gasteiger partial charge < -0.3 is 19.5 Å². The van der Waals surface area contributed by atoms with Crippen LogP contribution in [0.25, 0.3) is 6.08 Å². The number of halogens is 1. The quantitative estimate of drug-likeness (QED) is 0.503. The average molecular weight is 439 g/mol. The molecule has 0 radical (unpaired) electrons. The topological polar surface area (TPSA) is 70.3 Å². The summed E-state index contributed by atoms with van der Waals surface area (Å²) >= 11 is 0. The number of rotatable bonds is 8. The van der Waals surface area contributed by atoms with Crippen LogP contribution in [0.4, 0.5) is 4.39 Å². The van der Waals surface area contributed by atoms with Gasteiger partial charge in [0.25, 0.3) is 5.91 Å². The summed E-state index contributed by atoms with van der Waals surface area (Å²) in [7, 11) is 3.73. The largest absolute Gasteiger partial charge is 0.376 e. The molecule has 1 N–H and O–H groups in total. The van der Waals surface area contributed by atoms with Gasteiger partial charge in [-0.3, -0.25) is 4.79 Å². The maximum Gasteiger partial charge on any atom is 0.262 e. The van der Waals surface area contributed by atoms with Crippen LogP contribution >= 0.6 is 0 Å². The molecule has 2 atom stereocenters. The van der Waals surface area contributed by atoms with Crippen molar-refractivity contribution >= 4 is 12.0 Å². The van der Waals surface area contributed by atoms with Gasteiger partial charge in [0.2, 0.25) is 0 Å². The summed E-state index contributed by atoms with van der Waals surface area (Å²) in [5, 5.41) is 12.4. The summed E-state index contributed by atoms with van der Waals surface area (Å²) in [5.41, 5.74) is 3.72. The van der Waals surface area contributed by atoms with Crippen molar-refractivity contribution < 1.29 is 13.9 Å². The van der Waals surface area contributed by atoms with Gasteiger partial charge in [0.05, 0.1) is 12.1 Å². The normalized spacial score (nSPS) is 17.4. The first-order valence-electron chi connectivity index (χ1n) is 10.9. The number of nitriles is 1. The molecule has 7 heteroatoms. The molecule has 1 amide bonds. The van der Waals surface area contributed by atoms with Gasteiger partial charge in [0, 0.05) is 31.1 Å². The van der Waals surface area contributed by atoms with E-state index in [1.807, 2.05) is 51.0 Å². The molecule has 170 valence electrons. The number of hydrogen-bond acceptors (Lipinski definition) is 4. The van der Waals surface area contributed by atoms with Crippen LogP contribution in [-0.4, -0.2) is 48.7 Å². The van der Waals surface area contributed by atoms with Crippen molar-refractivity contribution in [1.29, 1.82) is 5.26 Å². The first-order chi connectivity index (χ1) is 15.3. The van der Waals surface area contributed by atoms with E-state index in [4.69, 9.17) is 4.74 Å². The fraction of sp³-hybridized carbons (Fsp3) is 0.440. The maximum atomic E-state index is 13.6. The van der Waals surface area contributed by atoms with Crippen molar-refractivity contribution in [3.63, 3.8) is 0 Å². The zero-order valence-electron chi connectivity index (χ0n) is 19.2. The van der Waals surface area contributed by atoms with Crippen LogP contribution in [0, 0.1) is 31.0 Å². The lowest BCUT2D eigenvalue weighted by Crippen LogP contribution is -2.35. The van der Waals surface area contributed by atoms with Crippen LogP contribution < -0.4 is 5.32 Å². The number of nitrogens with zero attached hydrogens (tertiary/aromatic N) is 3. The van der Waals surface area contributed by atoms with E-state index >= 15 is 0 Å². The second-order valence-corrected chi connectivity index (χ2v) is 8.49. The maximum absolute atomic E-state index is 13.6. The average Bonchev–Trinajstić information content (AvgIpc) is 3.35. The van der Waals surface area contributed by atoms with Crippen LogP contribution in [0.2, 0.25) is 0 Å². The Morgan fingerprint density at radius 2 is 2.19 bits per heavy atom. The lowest BCUT2D eigenvalue weighted by Gasteiger charge is -2.25. The Hall–Kier alpha value is -2.95. The highest BCUT2D eigenvalue weighted by molar-refractivity contribution is 6.01. The minimum atomic E-state index is -0.445. The second kappa shape index (κ2) is 10.6. The van der Waals surface area contributed by atoms with Gasteiger partial charge in [-0.25, -0.2) is 4.39 Å². The summed E-state index contributed by atoms with van der Waals surface area (Å²) in [6.45, 7) is 5.85. The fourth-order valence-corrected chi connectivity index (χ4v) is 4.15. The summed E-state index contributed by atoms with van der Waals surface area (Å²) in [6.07, 6.45) is 3.98. The summed E-state index contributed by atoms with van der Waals surface area (Å²) in [4.78, 5) is 14.7. The van der Waals surface area contributed by atoms with Crippen molar-refractivity contribution in [3.05, 3.63) is 64.2 Å². The summed E-state index contributed by atoms with van der Waals surface area (Å²) in [6, 6.07) is 10.1. The van der Waals surface area contributed by atoms with Crippen LogP contribution in [0.5, 0.6) is 0 Å². The number of carbonyl (C=O) groups excluding carboxylic acids is 1. The molecular formula is C25H31FN4O2. The Morgan fingerprint density at radius 1 is 1.41 bits per heavy atom. The Bertz CT molecular complexity index is 1030. The van der Waals surface area contributed by atoms with Gasteiger partial charge in [-0.1, -0.05) is 12.1 Å². The second-order valence-electron chi connectivity index (χ2n) is 8.49. The lowest BCUT2D eigenvalue weighted by atomic mass is 10.1. The minimum Gasteiger partial charge on any atom is -0.376 e. The molecule has 3 rings (SSSR count). The van der Waals surface area contributed by atoms with Gasteiger partial charge >= 0.3 is 0 Å². The standard InChI is InChI=1S/C25H31FN4O2/c1-17-11-20(18(2)30(17)16-23-9-6-10-32-23)12-21(14-27)25(31)28-15-24(29(3)4)19-7-5-8-22(26)13-19/h5,7-8,11-13,23-24H,6,9-10,15-16H2,1-4H3,(H,28,31)/b21-12+. The smallest absolute Gasteiger partial charge is 0.262 e. The number of nitrogens with one attached hydrogen (secondary N) is 1. The molecule has 0 saturated carbocycles. The van der Waals surface area contributed by atoms with Crippen LogP contribution in [0.1, 0.15) is 41.4 Å². The monoisotopic (exact) mass is 438 g/mol. The predicted octanol–water partition coefficient (Wildman–Crippen LogP) is 3.75. The highest BCUT2D eigenvalue weighted by Crippen LogP contribution is 2.22. The number of hydrogen-bond donors (Lipinski definition) is 1. The summed E-state index contributed by atoms with van der Waals surface area (Å²) in [5.74, 6) is -0.767. The molecule has 1 aromatic carbocycles. The van der Waals surface area contributed by atoms with Crippen molar-refractivity contribution in [1.82, 2.24) is 14.8 Å². The molecular weight excluding hydrogens is 407 g/mol. The number of aryl methyl sites for hydroxylation is 1. The van der Waals surface area contributed by atoms with Crippen molar-refractivity contribution in [2.45, 2.75) is 45.4 Å². The molecule has 2 aromatic rings. The number of carbonyl (C=O) groups is 1. The van der Waals surface area contributed by atoms with Gasteiger partial charge in [-0.2, -0.15) is 5.26 Å². The lowest BCUT2D eigenvalue weighted by molar-refractivity contribution is -0.117. The van der Waals surface area contributed by atoms with E-state index < -0.39 is 5.91 Å². The molecule has 1 aliphatic rings. The van der Waals surface area contributed by atoms with E-state index in [-0.39, 0.29) is 30.1 Å². The molecule has 0 bridgehead atoms. The third-order valence-electron chi connectivity index (χ3n) is 6.00. The Balaban J connectivity index is 1.73. The molecule has 1 aromatic heterocycles. The molecule has 0 spiro atoms. The number of benzene rings is 1. The van der Waals surface area contributed by atoms with Crippen molar-refractivity contribution in [3.8, 4) is 6.07 Å². The van der Waals surface area contributed by atoms with E-state index in [0.717, 1.165) is 48.5 Å². The van der Waals surface area contributed by atoms with Crippen molar-refractivity contribution in [2.75, 3.05) is 27.2 Å². The van der Waals surface area contributed by atoms with Crippen LogP contribution in [-0.2, 0) is 16.1 Å². The third-order valence-corrected chi connectivity index (χ3v) is 6.00. The van der Waals surface area contributed by atoms with E-state index in [0.29, 0.717) is 0 Å².